The number of aromatic nitrogens is 2. The molecule has 0 saturated heterocycles. The Bertz CT molecular complexity index is 1300. The van der Waals surface area contributed by atoms with E-state index in [1.54, 1.807) is 67.1 Å². The quantitative estimate of drug-likeness (QED) is 0.470. The van der Waals surface area contributed by atoms with Crippen LogP contribution in [-0.4, -0.2) is 30.9 Å². The highest BCUT2D eigenvalue weighted by Gasteiger charge is 2.21. The first-order valence-electron chi connectivity index (χ1n) is 9.95. The van der Waals surface area contributed by atoms with Gasteiger partial charge in [0.05, 0.1) is 22.6 Å². The van der Waals surface area contributed by atoms with Crippen molar-refractivity contribution >= 4 is 21.6 Å². The Hall–Kier alpha value is -3.91. The van der Waals surface area contributed by atoms with Crippen molar-refractivity contribution in [3.63, 3.8) is 0 Å². The number of para-hydroxylation sites is 1. The van der Waals surface area contributed by atoms with Crippen LogP contribution in [0.3, 0.4) is 0 Å². The molecule has 0 aliphatic carbocycles. The lowest BCUT2D eigenvalue weighted by Gasteiger charge is -2.19. The molecule has 4 aromatic rings. The lowest BCUT2D eigenvalue weighted by atomic mass is 10.1. The molecule has 0 radical (unpaired) electrons. The summed E-state index contributed by atoms with van der Waals surface area (Å²) in [6, 6.07) is 22.4. The Morgan fingerprint density at radius 2 is 1.66 bits per heavy atom. The van der Waals surface area contributed by atoms with Crippen molar-refractivity contribution in [3.8, 4) is 5.69 Å². The minimum absolute atomic E-state index is 0.209. The molecule has 0 saturated carbocycles. The fourth-order valence-corrected chi connectivity index (χ4v) is 4.52. The third kappa shape index (κ3) is 4.40. The summed E-state index contributed by atoms with van der Waals surface area (Å²) in [7, 11) is -2.18. The van der Waals surface area contributed by atoms with Crippen molar-refractivity contribution in [3.05, 3.63) is 109 Å². The Kier molecular flexibility index (Phi) is 6.04. The maximum atomic E-state index is 12.8. The van der Waals surface area contributed by atoms with Crippen LogP contribution in [-0.2, 0) is 16.6 Å². The summed E-state index contributed by atoms with van der Waals surface area (Å²) >= 11 is 0. The topological polar surface area (TPSA) is 84.3 Å². The Morgan fingerprint density at radius 3 is 2.34 bits per heavy atom. The van der Waals surface area contributed by atoms with E-state index in [1.807, 2.05) is 35.0 Å². The first-order valence-corrected chi connectivity index (χ1v) is 11.4. The highest BCUT2D eigenvalue weighted by atomic mass is 32.2. The third-order valence-electron chi connectivity index (χ3n) is 5.11. The molecule has 0 aliphatic rings. The van der Waals surface area contributed by atoms with Gasteiger partial charge in [-0.05, 0) is 48.0 Å². The molecule has 0 atom stereocenters. The molecule has 4 rings (SSSR count). The van der Waals surface area contributed by atoms with Gasteiger partial charge in [0, 0.05) is 31.5 Å². The molecule has 8 heteroatoms. The fourth-order valence-electron chi connectivity index (χ4n) is 3.30. The molecular formula is C24H22N4O3S. The van der Waals surface area contributed by atoms with Gasteiger partial charge in [0.2, 0.25) is 0 Å². The number of sulfonamides is 1. The molecule has 1 aromatic heterocycles. The van der Waals surface area contributed by atoms with E-state index in [2.05, 4.69) is 10.3 Å². The lowest BCUT2D eigenvalue weighted by Crippen LogP contribution is -2.27. The van der Waals surface area contributed by atoms with E-state index in [4.69, 9.17) is 0 Å². The number of hydrogen-bond donors (Lipinski definition) is 1. The molecule has 32 heavy (non-hydrogen) atoms. The fraction of sp³-hybridized carbons (Fsp3) is 0.0833. The predicted molar refractivity (Wildman–Crippen MR) is 123 cm³/mol. The summed E-state index contributed by atoms with van der Waals surface area (Å²) in [5.41, 5.74) is 2.80. The summed E-state index contributed by atoms with van der Waals surface area (Å²) in [4.78, 5) is 16.9. The number of nitrogens with one attached hydrogen (secondary N) is 1. The molecule has 162 valence electrons. The first kappa shape index (κ1) is 21.3. The minimum Gasteiger partial charge on any atom is -0.348 e. The van der Waals surface area contributed by atoms with Crippen LogP contribution >= 0.6 is 0 Å². The number of hydrogen-bond acceptors (Lipinski definition) is 4. The van der Waals surface area contributed by atoms with E-state index in [1.165, 1.54) is 11.4 Å². The maximum absolute atomic E-state index is 12.8. The van der Waals surface area contributed by atoms with Crippen LogP contribution in [0, 0.1) is 0 Å². The van der Waals surface area contributed by atoms with Gasteiger partial charge in [-0.2, -0.15) is 0 Å². The van der Waals surface area contributed by atoms with Gasteiger partial charge in [0.15, 0.2) is 0 Å². The Labute approximate surface area is 187 Å². The van der Waals surface area contributed by atoms with Crippen molar-refractivity contribution in [1.29, 1.82) is 0 Å². The number of amides is 1. The number of nitrogens with zero attached hydrogens (tertiary/aromatic N) is 3. The van der Waals surface area contributed by atoms with Gasteiger partial charge in [0.25, 0.3) is 15.9 Å². The summed E-state index contributed by atoms with van der Waals surface area (Å²) < 4.78 is 28.6. The second-order valence-electron chi connectivity index (χ2n) is 7.11. The van der Waals surface area contributed by atoms with E-state index >= 15 is 0 Å². The van der Waals surface area contributed by atoms with Gasteiger partial charge in [-0.3, -0.25) is 9.10 Å². The molecule has 7 nitrogen and oxygen atoms in total. The zero-order valence-electron chi connectivity index (χ0n) is 17.4. The monoisotopic (exact) mass is 446 g/mol. The number of carbonyl (C=O) groups excluding carboxylic acids is 1. The molecule has 0 aliphatic heterocycles. The predicted octanol–water partition coefficient (Wildman–Crippen LogP) is 3.63. The summed E-state index contributed by atoms with van der Waals surface area (Å²) in [6.07, 6.45) is 5.25. The van der Waals surface area contributed by atoms with Gasteiger partial charge < -0.3 is 9.88 Å². The standard InChI is InChI=1S/C24H22N4O3S/c1-27(32(30,31)22-8-3-2-4-9-22)21-13-11-19(12-14-21)24(29)26-17-20-7-5-6-10-23(20)28-16-15-25-18-28/h2-16,18H,17H2,1H3,(H,26,29). The molecule has 3 aromatic carbocycles. The van der Waals surface area contributed by atoms with Crippen LogP contribution < -0.4 is 9.62 Å². The molecular weight excluding hydrogens is 424 g/mol. The Balaban J connectivity index is 1.46. The average Bonchev–Trinajstić information content (AvgIpc) is 3.38. The van der Waals surface area contributed by atoms with Gasteiger partial charge in [-0.15, -0.1) is 0 Å². The van der Waals surface area contributed by atoms with Crippen molar-refractivity contribution in [2.75, 3.05) is 11.4 Å². The molecule has 0 spiro atoms. The van der Waals surface area contributed by atoms with Crippen molar-refractivity contribution in [1.82, 2.24) is 14.9 Å². The van der Waals surface area contributed by atoms with Crippen LogP contribution in [0.15, 0.2) is 102 Å². The van der Waals surface area contributed by atoms with Crippen LogP contribution in [0.25, 0.3) is 5.69 Å². The van der Waals surface area contributed by atoms with Crippen molar-refractivity contribution in [2.24, 2.45) is 0 Å². The van der Waals surface area contributed by atoms with Crippen LogP contribution in [0.4, 0.5) is 5.69 Å². The summed E-state index contributed by atoms with van der Waals surface area (Å²) in [6.45, 7) is 0.344. The van der Waals surface area contributed by atoms with Gasteiger partial charge >= 0.3 is 0 Å². The lowest BCUT2D eigenvalue weighted by molar-refractivity contribution is 0.0951. The molecule has 1 heterocycles. The molecule has 1 N–H and O–H groups in total. The van der Waals surface area contributed by atoms with E-state index in [0.29, 0.717) is 17.8 Å². The summed E-state index contributed by atoms with van der Waals surface area (Å²) in [5, 5.41) is 2.92. The maximum Gasteiger partial charge on any atom is 0.264 e. The van der Waals surface area contributed by atoms with E-state index in [-0.39, 0.29) is 10.8 Å². The number of carbonyl (C=O) groups is 1. The largest absolute Gasteiger partial charge is 0.348 e. The number of imidazole rings is 1. The van der Waals surface area contributed by atoms with Crippen molar-refractivity contribution < 1.29 is 13.2 Å². The average molecular weight is 447 g/mol. The first-order chi connectivity index (χ1) is 15.5. The van der Waals surface area contributed by atoms with E-state index in [0.717, 1.165) is 11.3 Å². The number of benzene rings is 3. The zero-order chi connectivity index (χ0) is 22.6. The molecule has 0 unspecified atom stereocenters. The number of anilines is 1. The second-order valence-corrected chi connectivity index (χ2v) is 9.08. The normalized spacial score (nSPS) is 11.2. The molecule has 0 bridgehead atoms. The molecule has 0 fully saturated rings. The Morgan fingerprint density at radius 1 is 0.969 bits per heavy atom. The van der Waals surface area contributed by atoms with E-state index < -0.39 is 10.0 Å². The van der Waals surface area contributed by atoms with Crippen LogP contribution in [0.1, 0.15) is 15.9 Å². The SMILES string of the molecule is CN(c1ccc(C(=O)NCc2ccccc2-n2ccnc2)cc1)S(=O)(=O)c1ccccc1. The van der Waals surface area contributed by atoms with Gasteiger partial charge in [0.1, 0.15) is 0 Å². The van der Waals surface area contributed by atoms with Crippen molar-refractivity contribution in [2.45, 2.75) is 11.4 Å². The van der Waals surface area contributed by atoms with Crippen LogP contribution in [0.5, 0.6) is 0 Å². The summed E-state index contributed by atoms with van der Waals surface area (Å²) in [5.74, 6) is -0.245. The smallest absolute Gasteiger partial charge is 0.264 e. The van der Waals surface area contributed by atoms with E-state index in [9.17, 15) is 13.2 Å². The highest BCUT2D eigenvalue weighted by molar-refractivity contribution is 7.92. The molecule has 1 amide bonds. The van der Waals surface area contributed by atoms with Crippen LogP contribution in [0.2, 0.25) is 0 Å². The zero-order valence-corrected chi connectivity index (χ0v) is 18.2. The third-order valence-corrected chi connectivity index (χ3v) is 6.91. The number of rotatable bonds is 7. The van der Waals surface area contributed by atoms with Gasteiger partial charge in [-0.25, -0.2) is 13.4 Å². The highest BCUT2D eigenvalue weighted by Crippen LogP contribution is 2.22. The second kappa shape index (κ2) is 9.07. The minimum atomic E-state index is -3.67. The van der Waals surface area contributed by atoms with Gasteiger partial charge in [-0.1, -0.05) is 36.4 Å².